The number of guanidine groups is 1. The largest absolute Gasteiger partial charge is 0.480 e. The first-order valence-corrected chi connectivity index (χ1v) is 10.8. The molecule has 0 aliphatic rings. The highest BCUT2D eigenvalue weighted by Gasteiger charge is 2.19. The molecule has 0 aromatic carbocycles. The minimum absolute atomic E-state index is 0.0232. The molecule has 0 fully saturated rings. The first-order chi connectivity index (χ1) is 13.7. The second-order valence-corrected chi connectivity index (χ2v) is 7.92. The summed E-state index contributed by atoms with van der Waals surface area (Å²) in [5, 5.41) is 24.3. The van der Waals surface area contributed by atoms with Gasteiger partial charge >= 0.3 is 5.97 Å². The number of aliphatic carboxylic acids is 1. The summed E-state index contributed by atoms with van der Waals surface area (Å²) in [4.78, 5) is 35.3. The average molecular weight is 432 g/mol. The van der Waals surface area contributed by atoms with Gasteiger partial charge in [0, 0.05) is 31.2 Å². The smallest absolute Gasteiger partial charge is 0.326 e. The van der Waals surface area contributed by atoms with E-state index in [-0.39, 0.29) is 36.5 Å². The fraction of sp³-hybridized carbons (Fsp3) is 0.789. The van der Waals surface area contributed by atoms with Crippen molar-refractivity contribution < 1.29 is 19.5 Å². The van der Waals surface area contributed by atoms with Crippen LogP contribution in [0.4, 0.5) is 0 Å². The van der Waals surface area contributed by atoms with Gasteiger partial charge in [-0.3, -0.25) is 15.0 Å². The molecular formula is C19H37N5O4S. The SMILES string of the molecule is CC(C)CC(CS)C(=O)NCCCCCC(=O)N[C@@H](CCCNC(=N)N)C(=O)O. The fourth-order valence-corrected chi connectivity index (χ4v) is 3.14. The van der Waals surface area contributed by atoms with E-state index in [1.54, 1.807) is 0 Å². The minimum Gasteiger partial charge on any atom is -0.480 e. The molecule has 9 nitrogen and oxygen atoms in total. The Morgan fingerprint density at radius 2 is 1.72 bits per heavy atom. The predicted octanol–water partition coefficient (Wildman–Crippen LogP) is 1.09. The van der Waals surface area contributed by atoms with Crippen LogP contribution in [0, 0.1) is 17.2 Å². The van der Waals surface area contributed by atoms with E-state index in [1.165, 1.54) is 0 Å². The molecule has 0 aliphatic heterocycles. The summed E-state index contributed by atoms with van der Waals surface area (Å²) in [6.45, 7) is 5.09. The molecule has 0 aliphatic carbocycles. The zero-order valence-electron chi connectivity index (χ0n) is 17.5. The number of thiol groups is 1. The molecule has 10 heteroatoms. The molecule has 29 heavy (non-hydrogen) atoms. The van der Waals surface area contributed by atoms with Gasteiger partial charge in [0.2, 0.25) is 11.8 Å². The topological polar surface area (TPSA) is 157 Å². The van der Waals surface area contributed by atoms with Gasteiger partial charge in [0.15, 0.2) is 5.96 Å². The zero-order chi connectivity index (χ0) is 22.2. The number of carbonyl (C=O) groups is 3. The maximum Gasteiger partial charge on any atom is 0.326 e. The highest BCUT2D eigenvalue weighted by molar-refractivity contribution is 7.80. The highest BCUT2D eigenvalue weighted by atomic mass is 32.1. The van der Waals surface area contributed by atoms with Crippen LogP contribution in [0.15, 0.2) is 0 Å². The average Bonchev–Trinajstić information content (AvgIpc) is 2.64. The van der Waals surface area contributed by atoms with Crippen LogP contribution in [0.3, 0.4) is 0 Å². The second-order valence-electron chi connectivity index (χ2n) is 7.55. The molecule has 0 radical (unpaired) electrons. The van der Waals surface area contributed by atoms with Crippen molar-refractivity contribution in [3.05, 3.63) is 0 Å². The van der Waals surface area contributed by atoms with Crippen LogP contribution in [0.25, 0.3) is 0 Å². The van der Waals surface area contributed by atoms with Gasteiger partial charge in [0.25, 0.3) is 0 Å². The van der Waals surface area contributed by atoms with Crippen LogP contribution in [0.2, 0.25) is 0 Å². The molecule has 0 heterocycles. The number of nitrogens with two attached hydrogens (primary N) is 1. The Labute approximate surface area is 178 Å². The molecule has 0 aromatic rings. The van der Waals surface area contributed by atoms with E-state index < -0.39 is 12.0 Å². The van der Waals surface area contributed by atoms with E-state index >= 15 is 0 Å². The van der Waals surface area contributed by atoms with Crippen LogP contribution in [0.1, 0.15) is 58.8 Å². The minimum atomic E-state index is -1.08. The standard InChI is InChI=1S/C19H37N5O4S/c1-13(2)11-14(12-29)17(26)22-9-5-3-4-8-16(25)24-15(18(27)28)7-6-10-23-19(20)21/h13-15,29H,3-12H2,1-2H3,(H,22,26)(H,24,25)(H,27,28)(H4,20,21,23)/t14?,15-/m0/s1. The lowest BCUT2D eigenvalue weighted by Crippen LogP contribution is -2.41. The van der Waals surface area contributed by atoms with Gasteiger partial charge in [0.05, 0.1) is 0 Å². The molecule has 1 unspecified atom stereocenters. The summed E-state index contributed by atoms with van der Waals surface area (Å²) in [6.07, 6.45) is 3.95. The molecular weight excluding hydrogens is 394 g/mol. The summed E-state index contributed by atoms with van der Waals surface area (Å²) in [6, 6.07) is -0.949. The van der Waals surface area contributed by atoms with Gasteiger partial charge < -0.3 is 26.8 Å². The third kappa shape index (κ3) is 14.7. The number of carboxylic acid groups (broad SMARTS) is 1. The van der Waals surface area contributed by atoms with Gasteiger partial charge in [-0.25, -0.2) is 4.79 Å². The number of hydrogen-bond acceptors (Lipinski definition) is 5. The first-order valence-electron chi connectivity index (χ1n) is 10.2. The van der Waals surface area contributed by atoms with Gasteiger partial charge in [-0.05, 0) is 38.0 Å². The molecule has 2 atom stereocenters. The Morgan fingerprint density at radius 3 is 2.28 bits per heavy atom. The zero-order valence-corrected chi connectivity index (χ0v) is 18.4. The number of unbranched alkanes of at least 4 members (excludes halogenated alkanes) is 2. The van der Waals surface area contributed by atoms with Crippen molar-refractivity contribution in [1.29, 1.82) is 5.41 Å². The lowest BCUT2D eigenvalue weighted by molar-refractivity contribution is -0.142. The molecule has 0 saturated heterocycles. The number of hydrogen-bond donors (Lipinski definition) is 7. The second kappa shape index (κ2) is 15.9. The van der Waals surface area contributed by atoms with Crippen molar-refractivity contribution in [1.82, 2.24) is 16.0 Å². The summed E-state index contributed by atoms with van der Waals surface area (Å²) in [5.74, 6) is -0.635. The molecule has 0 rings (SSSR count). The van der Waals surface area contributed by atoms with Gasteiger partial charge in [-0.1, -0.05) is 20.3 Å². The van der Waals surface area contributed by atoms with E-state index in [0.29, 0.717) is 37.6 Å². The summed E-state index contributed by atoms with van der Waals surface area (Å²) < 4.78 is 0. The normalized spacial score (nSPS) is 12.8. The third-order valence-corrected chi connectivity index (χ3v) is 4.79. The Balaban J connectivity index is 3.97. The van der Waals surface area contributed by atoms with E-state index in [2.05, 4.69) is 42.4 Å². The monoisotopic (exact) mass is 431 g/mol. The number of carbonyl (C=O) groups excluding carboxylic acids is 2. The third-order valence-electron chi connectivity index (χ3n) is 4.35. The molecule has 0 bridgehead atoms. The Kier molecular flexibility index (Phi) is 14.8. The van der Waals surface area contributed by atoms with Crippen LogP contribution in [-0.2, 0) is 14.4 Å². The molecule has 2 amide bonds. The number of amides is 2. The molecule has 7 N–H and O–H groups in total. The number of nitrogens with one attached hydrogen (secondary N) is 4. The van der Waals surface area contributed by atoms with Crippen molar-refractivity contribution in [3.8, 4) is 0 Å². The van der Waals surface area contributed by atoms with Gasteiger partial charge in [-0.2, -0.15) is 12.6 Å². The number of carboxylic acids is 1. The van der Waals surface area contributed by atoms with Crippen LogP contribution in [0.5, 0.6) is 0 Å². The van der Waals surface area contributed by atoms with Crippen LogP contribution in [-0.4, -0.2) is 53.7 Å². The van der Waals surface area contributed by atoms with Crippen molar-refractivity contribution in [2.45, 2.75) is 64.8 Å². The Morgan fingerprint density at radius 1 is 1.07 bits per heavy atom. The molecule has 0 spiro atoms. The summed E-state index contributed by atoms with van der Waals surface area (Å²) >= 11 is 4.24. The maximum absolute atomic E-state index is 12.1. The van der Waals surface area contributed by atoms with Crippen LogP contribution >= 0.6 is 12.6 Å². The summed E-state index contributed by atoms with van der Waals surface area (Å²) in [7, 11) is 0. The van der Waals surface area contributed by atoms with Crippen molar-refractivity contribution >= 4 is 36.4 Å². The van der Waals surface area contributed by atoms with Crippen molar-refractivity contribution in [2.24, 2.45) is 17.6 Å². The molecule has 168 valence electrons. The van der Waals surface area contributed by atoms with E-state index in [1.807, 2.05) is 0 Å². The van der Waals surface area contributed by atoms with Crippen molar-refractivity contribution in [2.75, 3.05) is 18.8 Å². The lowest BCUT2D eigenvalue weighted by Gasteiger charge is -2.16. The quantitative estimate of drug-likeness (QED) is 0.0839. The highest BCUT2D eigenvalue weighted by Crippen LogP contribution is 2.13. The fourth-order valence-electron chi connectivity index (χ4n) is 2.83. The Hall–Kier alpha value is -1.97. The number of rotatable bonds is 16. The Bertz CT molecular complexity index is 531. The molecule has 0 saturated carbocycles. The summed E-state index contributed by atoms with van der Waals surface area (Å²) in [5.41, 5.74) is 5.16. The van der Waals surface area contributed by atoms with Crippen LogP contribution < -0.4 is 21.7 Å². The lowest BCUT2D eigenvalue weighted by atomic mass is 9.98. The predicted molar refractivity (Wildman–Crippen MR) is 117 cm³/mol. The van der Waals surface area contributed by atoms with Gasteiger partial charge in [-0.15, -0.1) is 0 Å². The maximum atomic E-state index is 12.1. The van der Waals surface area contributed by atoms with Gasteiger partial charge in [0.1, 0.15) is 6.04 Å². The molecule has 0 aromatic heterocycles. The van der Waals surface area contributed by atoms with Crippen molar-refractivity contribution in [3.63, 3.8) is 0 Å². The van der Waals surface area contributed by atoms with E-state index in [9.17, 15) is 19.5 Å². The van der Waals surface area contributed by atoms with E-state index in [0.717, 1.165) is 19.3 Å². The van der Waals surface area contributed by atoms with E-state index in [4.69, 9.17) is 11.1 Å². The first kappa shape index (κ1) is 27.0.